The molecule has 4 aliphatic carbocycles. The summed E-state index contributed by atoms with van der Waals surface area (Å²) in [4.78, 5) is 10.7. The van der Waals surface area contributed by atoms with E-state index in [0.717, 1.165) is 32.1 Å². The summed E-state index contributed by atoms with van der Waals surface area (Å²) in [5.41, 5.74) is -4.85. The van der Waals surface area contributed by atoms with Gasteiger partial charge in [-0.3, -0.25) is 4.79 Å². The lowest BCUT2D eigenvalue weighted by Crippen LogP contribution is -2.50. The molecule has 0 bridgehead atoms. The minimum atomic E-state index is -5.66. The number of hydrogen-bond donors (Lipinski definition) is 0. The number of carbonyl (C=O) groups excluding carboxylic acids is 1. The number of alkyl halides is 3. The number of halogens is 3. The SMILES string of the molecule is C[C@]12CC[C@H](OC=O)CC1=CC[C@@H]1C2CC[C@]2(C)C(OS(=O)(=O)C(F)(F)F)=CC[C@@H]12. The van der Waals surface area contributed by atoms with Gasteiger partial charge < -0.3 is 8.92 Å². The number of allylic oxidation sites excluding steroid dienone is 3. The van der Waals surface area contributed by atoms with Gasteiger partial charge in [0.15, 0.2) is 0 Å². The second-order valence-corrected chi connectivity index (χ2v) is 11.1. The van der Waals surface area contributed by atoms with Crippen molar-refractivity contribution < 1.29 is 35.3 Å². The van der Waals surface area contributed by atoms with Crippen molar-refractivity contribution >= 4 is 16.6 Å². The van der Waals surface area contributed by atoms with Crippen molar-refractivity contribution in [1.82, 2.24) is 0 Å². The van der Waals surface area contributed by atoms with Gasteiger partial charge in [-0.05, 0) is 67.8 Å². The van der Waals surface area contributed by atoms with Crippen molar-refractivity contribution in [1.29, 1.82) is 0 Å². The second-order valence-electron chi connectivity index (χ2n) is 9.60. The average molecular weight is 449 g/mol. The predicted octanol–water partition coefficient (Wildman–Crippen LogP) is 4.85. The number of rotatable bonds is 4. The van der Waals surface area contributed by atoms with Crippen LogP contribution in [0.3, 0.4) is 0 Å². The first-order valence-electron chi connectivity index (χ1n) is 10.4. The van der Waals surface area contributed by atoms with E-state index >= 15 is 0 Å². The first-order valence-corrected chi connectivity index (χ1v) is 11.8. The highest BCUT2D eigenvalue weighted by atomic mass is 32.2. The summed E-state index contributed by atoms with van der Waals surface area (Å²) in [6, 6.07) is 0. The molecule has 0 aromatic rings. The fraction of sp³-hybridized carbons (Fsp3) is 0.762. The molecule has 5 nitrogen and oxygen atoms in total. The lowest BCUT2D eigenvalue weighted by atomic mass is 9.48. The summed E-state index contributed by atoms with van der Waals surface area (Å²) in [6.07, 6.45) is 8.84. The highest BCUT2D eigenvalue weighted by Crippen LogP contribution is 2.65. The summed E-state index contributed by atoms with van der Waals surface area (Å²) >= 11 is 0. The molecule has 6 atom stereocenters. The number of fused-ring (bicyclic) bond motifs is 5. The minimum absolute atomic E-state index is 0.0192. The Labute approximate surface area is 174 Å². The Morgan fingerprint density at radius 1 is 1.07 bits per heavy atom. The van der Waals surface area contributed by atoms with Crippen molar-refractivity contribution in [3.8, 4) is 0 Å². The van der Waals surface area contributed by atoms with Crippen LogP contribution in [0.25, 0.3) is 0 Å². The molecule has 0 saturated heterocycles. The van der Waals surface area contributed by atoms with Crippen LogP contribution in [0.4, 0.5) is 13.2 Å². The molecule has 0 aromatic carbocycles. The van der Waals surface area contributed by atoms with E-state index in [1.54, 1.807) is 6.08 Å². The highest BCUT2D eigenvalue weighted by Gasteiger charge is 2.59. The van der Waals surface area contributed by atoms with Gasteiger partial charge in [0.25, 0.3) is 6.47 Å². The van der Waals surface area contributed by atoms with Gasteiger partial charge in [0.1, 0.15) is 11.9 Å². The van der Waals surface area contributed by atoms with Gasteiger partial charge in [-0.2, -0.15) is 21.6 Å². The third kappa shape index (κ3) is 3.19. The molecule has 168 valence electrons. The van der Waals surface area contributed by atoms with Gasteiger partial charge in [-0.25, -0.2) is 0 Å². The monoisotopic (exact) mass is 448 g/mol. The molecule has 9 heteroatoms. The quantitative estimate of drug-likeness (QED) is 0.266. The van der Waals surface area contributed by atoms with Gasteiger partial charge in [0.2, 0.25) is 0 Å². The fourth-order valence-electron chi connectivity index (χ4n) is 6.64. The lowest BCUT2D eigenvalue weighted by Gasteiger charge is -2.57. The molecule has 0 N–H and O–H groups in total. The van der Waals surface area contributed by atoms with Crippen LogP contribution in [0.2, 0.25) is 0 Å². The van der Waals surface area contributed by atoms with E-state index in [1.807, 2.05) is 6.92 Å². The Morgan fingerprint density at radius 2 is 1.77 bits per heavy atom. The zero-order chi connectivity index (χ0) is 21.9. The van der Waals surface area contributed by atoms with Crippen LogP contribution < -0.4 is 0 Å². The smallest absolute Gasteiger partial charge is 0.464 e. The molecule has 0 amide bonds. The third-order valence-corrected chi connectivity index (χ3v) is 9.27. The Balaban J connectivity index is 1.57. The van der Waals surface area contributed by atoms with E-state index in [-0.39, 0.29) is 29.1 Å². The molecular weight excluding hydrogens is 421 g/mol. The molecular formula is C21H27F3O5S. The molecule has 0 radical (unpaired) electrons. The van der Waals surface area contributed by atoms with Gasteiger partial charge >= 0.3 is 15.6 Å². The molecule has 0 heterocycles. The van der Waals surface area contributed by atoms with Gasteiger partial charge in [-0.15, -0.1) is 0 Å². The molecule has 30 heavy (non-hydrogen) atoms. The Morgan fingerprint density at radius 3 is 2.43 bits per heavy atom. The standard InChI is InChI=1S/C21H27F3O5S/c1-19-9-7-14(28-12-25)11-13(19)3-4-15-16-5-6-18(20(16,2)10-8-17(15)19)29-30(26,27)21(22,23)24/h3,6,12,14-17H,4-5,7-11H2,1-2H3/t14-,15-,16-,17?,19-,20-/m0/s1. The lowest BCUT2D eigenvalue weighted by molar-refractivity contribution is -0.135. The first-order chi connectivity index (χ1) is 13.9. The number of hydrogen-bond acceptors (Lipinski definition) is 5. The normalized spacial score (nSPS) is 41.0. The van der Waals surface area contributed by atoms with Crippen LogP contribution in [0.5, 0.6) is 0 Å². The average Bonchev–Trinajstić information content (AvgIpc) is 2.97. The highest BCUT2D eigenvalue weighted by molar-refractivity contribution is 7.87. The van der Waals surface area contributed by atoms with Crippen LogP contribution in [-0.4, -0.2) is 26.5 Å². The molecule has 0 spiro atoms. The molecule has 4 rings (SSSR count). The van der Waals surface area contributed by atoms with Gasteiger partial charge in [-0.1, -0.05) is 25.5 Å². The van der Waals surface area contributed by atoms with E-state index < -0.39 is 21.0 Å². The third-order valence-electron chi connectivity index (χ3n) is 8.30. The van der Waals surface area contributed by atoms with Crippen LogP contribution in [0.15, 0.2) is 23.5 Å². The summed E-state index contributed by atoms with van der Waals surface area (Å²) in [6.45, 7) is 4.60. The van der Waals surface area contributed by atoms with Crippen LogP contribution in [-0.2, 0) is 23.8 Å². The molecule has 0 aliphatic heterocycles. The molecule has 1 unspecified atom stereocenters. The van der Waals surface area contributed by atoms with E-state index in [9.17, 15) is 26.4 Å². The van der Waals surface area contributed by atoms with Crippen LogP contribution in [0.1, 0.15) is 58.8 Å². The molecule has 4 aliphatic rings. The van der Waals surface area contributed by atoms with Crippen LogP contribution in [0, 0.1) is 28.6 Å². The topological polar surface area (TPSA) is 69.7 Å². The maximum Gasteiger partial charge on any atom is 0.534 e. The molecule has 2 saturated carbocycles. The largest absolute Gasteiger partial charge is 0.534 e. The first kappa shape index (κ1) is 21.7. The minimum Gasteiger partial charge on any atom is -0.464 e. The summed E-state index contributed by atoms with van der Waals surface area (Å²) in [5.74, 6) is 0.631. The van der Waals surface area contributed by atoms with E-state index in [1.165, 1.54) is 5.57 Å². The van der Waals surface area contributed by atoms with Crippen molar-refractivity contribution in [3.63, 3.8) is 0 Å². The summed E-state index contributed by atoms with van der Waals surface area (Å²) < 4.78 is 71.6. The number of ether oxygens (including phenoxy) is 1. The van der Waals surface area contributed by atoms with Gasteiger partial charge in [0.05, 0.1) is 0 Å². The zero-order valence-electron chi connectivity index (χ0n) is 17.1. The van der Waals surface area contributed by atoms with E-state index in [0.29, 0.717) is 25.2 Å². The summed E-state index contributed by atoms with van der Waals surface area (Å²) in [5, 5.41) is 0. The van der Waals surface area contributed by atoms with E-state index in [4.69, 9.17) is 4.74 Å². The molecule has 2 fully saturated rings. The maximum atomic E-state index is 12.8. The zero-order valence-corrected chi connectivity index (χ0v) is 17.9. The summed E-state index contributed by atoms with van der Waals surface area (Å²) in [7, 11) is -5.66. The van der Waals surface area contributed by atoms with Crippen molar-refractivity contribution in [2.45, 2.75) is 70.4 Å². The van der Waals surface area contributed by atoms with Crippen LogP contribution >= 0.6 is 0 Å². The Hall–Kier alpha value is -1.51. The van der Waals surface area contributed by atoms with E-state index in [2.05, 4.69) is 17.2 Å². The van der Waals surface area contributed by atoms with Crippen molar-refractivity contribution in [3.05, 3.63) is 23.5 Å². The number of carbonyl (C=O) groups is 1. The maximum absolute atomic E-state index is 12.8. The van der Waals surface area contributed by atoms with Crippen molar-refractivity contribution in [2.24, 2.45) is 28.6 Å². The Bertz CT molecular complexity index is 893. The predicted molar refractivity (Wildman–Crippen MR) is 102 cm³/mol. The fourth-order valence-corrected chi connectivity index (χ4v) is 7.23. The Kier molecular flexibility index (Phi) is 5.07. The second kappa shape index (κ2) is 7.00. The van der Waals surface area contributed by atoms with Gasteiger partial charge in [0, 0.05) is 11.8 Å². The molecule has 0 aromatic heterocycles. The van der Waals surface area contributed by atoms with Crippen molar-refractivity contribution in [2.75, 3.05) is 0 Å².